The quantitative estimate of drug-likeness (QED) is 0.00751. The Morgan fingerprint density at radius 1 is 0.465 bits per heavy atom. The van der Waals surface area contributed by atoms with Crippen LogP contribution in [-0.4, -0.2) is 195 Å². The van der Waals surface area contributed by atoms with Crippen LogP contribution in [0.25, 0.3) is 27.6 Å². The molecule has 14 rings (SSSR count). The minimum atomic E-state index is -0.436. The molecule has 3 fully saturated rings. The molecule has 11 aromatic rings. The molecular formula is C101H119N19O8S. The lowest BCUT2D eigenvalue weighted by Crippen LogP contribution is -2.49. The van der Waals surface area contributed by atoms with Gasteiger partial charge in [0.1, 0.15) is 11.5 Å². The molecule has 0 unspecified atom stereocenters. The summed E-state index contributed by atoms with van der Waals surface area (Å²) in [5.74, 6) is 1.34. The summed E-state index contributed by atoms with van der Waals surface area (Å²) in [5.41, 5.74) is 45.1. The molecule has 9 aromatic carbocycles. The zero-order chi connectivity index (χ0) is 90.5. The molecule has 3 saturated heterocycles. The van der Waals surface area contributed by atoms with Gasteiger partial charge in [-0.05, 0) is 145 Å². The van der Waals surface area contributed by atoms with Crippen molar-refractivity contribution in [2.75, 3.05) is 85.6 Å². The number of carbonyl (C=O) groups is 6. The molecule has 0 saturated carbocycles. The molecule has 6 atom stereocenters. The van der Waals surface area contributed by atoms with Crippen LogP contribution in [0.5, 0.6) is 5.75 Å². The fourth-order valence-corrected chi connectivity index (χ4v) is 17.1. The molecule has 2 aromatic heterocycles. The molecule has 0 aliphatic carbocycles. The Bertz CT molecular complexity index is 5350. The van der Waals surface area contributed by atoms with E-state index < -0.39 is 18.1 Å². The number of aromatic nitrogens is 1. The summed E-state index contributed by atoms with van der Waals surface area (Å²) in [4.78, 5) is 103. The standard InChI is InChI=1S/C35H40N6O3.C34H42N6O3.C32H37N7O2S/c36-35(37)38-21-10-17-30-34(43)41(24-29(25-11-4-1-5-12-25)26-13-6-2-7-14-26)22-20-28(40-30)23-39-33(42)32-19-18-31(44-32)27-15-8-3-9-16-27;1-43-29-15-8-10-25(22-29)17-18-32(41)38-23-28-19-21-40(33(42)31(39-28)16-9-20-37-34(35)36)24-30(26-11-4-2-5-12-26)27-13-6-3-7-14-27;33-32(34)35-16-7-12-28-31(41)39(20-26(22-8-3-1-4-9-22)23-10-5-2-6-11-23)17-15-25(38-28)19-36-30(40)24-13-14-27-29(18-24)42-21-37-27/h1-9,11-16,18-19,28-30,40H,10,17,20-24H2,(H,39,42)(H4,36,37,38);2-8,10-15,17-18,22,28,30-31,39H,9,16,19-21,23-24H2,1H3,(H,38,41)(H4,35,36,37);1-6,8-11,13-14,18,21,25-26,28,38H,7,12,15-17,19-20H2,(H,36,40)(H4,33,34,35)/b;18-17+;/t28-,30-;28-,31-;25-,28-/m000/s1. The zero-order valence-corrected chi connectivity index (χ0v) is 73.8. The number of furan rings is 1. The molecule has 6 amide bonds. The minimum Gasteiger partial charge on any atom is -0.497 e. The fraction of sp³-hybridized carbons (Fsp3) is 0.307. The van der Waals surface area contributed by atoms with E-state index in [2.05, 4.69) is 125 Å². The van der Waals surface area contributed by atoms with Crippen molar-refractivity contribution in [3.63, 3.8) is 0 Å². The Morgan fingerprint density at radius 3 is 1.23 bits per heavy atom. The van der Waals surface area contributed by atoms with E-state index in [9.17, 15) is 28.8 Å². The number of methoxy groups -OCH3 is 1. The van der Waals surface area contributed by atoms with Gasteiger partial charge in [0.05, 0.1) is 41.0 Å². The van der Waals surface area contributed by atoms with Crippen molar-refractivity contribution in [3.05, 3.63) is 329 Å². The van der Waals surface area contributed by atoms with Crippen molar-refractivity contribution in [2.24, 2.45) is 49.4 Å². The maximum absolute atomic E-state index is 14.0. The number of guanidine groups is 3. The average molecular weight is 1760 g/mol. The zero-order valence-electron chi connectivity index (χ0n) is 72.9. The van der Waals surface area contributed by atoms with Crippen LogP contribution in [-0.2, 0) is 19.2 Å². The van der Waals surface area contributed by atoms with Crippen LogP contribution in [0.15, 0.2) is 298 Å². The highest BCUT2D eigenvalue weighted by molar-refractivity contribution is 7.16. The maximum atomic E-state index is 14.0. The summed E-state index contributed by atoms with van der Waals surface area (Å²) in [5, 5.41) is 19.7. The molecule has 0 bridgehead atoms. The van der Waals surface area contributed by atoms with Crippen molar-refractivity contribution in [1.82, 2.24) is 51.6 Å². The second-order valence-corrected chi connectivity index (χ2v) is 33.2. The summed E-state index contributed by atoms with van der Waals surface area (Å²) in [6, 6.07) is 86.4. The normalized spacial score (nSPS) is 17.1. The van der Waals surface area contributed by atoms with E-state index >= 15 is 0 Å². The van der Waals surface area contributed by atoms with Crippen LogP contribution in [0.4, 0.5) is 0 Å². The smallest absolute Gasteiger partial charge is 0.287 e. The number of fused-ring (bicyclic) bond motifs is 1. The molecule has 3 aliphatic heterocycles. The number of benzene rings is 9. The van der Waals surface area contributed by atoms with Gasteiger partial charge in [0.2, 0.25) is 23.6 Å². The van der Waals surface area contributed by atoms with E-state index in [1.54, 1.807) is 36.9 Å². The molecule has 27 nitrogen and oxygen atoms in total. The summed E-state index contributed by atoms with van der Waals surface area (Å²) in [6.07, 6.45) is 9.03. The highest BCUT2D eigenvalue weighted by Gasteiger charge is 2.37. The van der Waals surface area contributed by atoms with Crippen molar-refractivity contribution < 1.29 is 37.9 Å². The molecule has 129 heavy (non-hydrogen) atoms. The predicted octanol–water partition coefficient (Wildman–Crippen LogP) is 10.9. The largest absolute Gasteiger partial charge is 0.497 e. The van der Waals surface area contributed by atoms with Crippen LogP contribution < -0.4 is 71.0 Å². The lowest BCUT2D eigenvalue weighted by atomic mass is 9.90. The third kappa shape index (κ3) is 29.1. The van der Waals surface area contributed by atoms with Crippen LogP contribution >= 0.6 is 11.3 Å². The Morgan fingerprint density at radius 2 is 0.845 bits per heavy atom. The number of nitrogens with two attached hydrogens (primary N) is 6. The molecule has 0 radical (unpaired) electrons. The summed E-state index contributed by atoms with van der Waals surface area (Å²) < 4.78 is 12.1. The van der Waals surface area contributed by atoms with Gasteiger partial charge in [-0.15, -0.1) is 11.3 Å². The monoisotopic (exact) mass is 1760 g/mol. The van der Waals surface area contributed by atoms with E-state index in [1.807, 2.05) is 191 Å². The highest BCUT2D eigenvalue weighted by atomic mass is 32.1. The first kappa shape index (κ1) is 94.3. The number of hydrogen-bond acceptors (Lipinski definition) is 16. The van der Waals surface area contributed by atoms with Gasteiger partial charge in [0, 0.05) is 132 Å². The van der Waals surface area contributed by atoms with Crippen LogP contribution in [0, 0.1) is 0 Å². The predicted molar refractivity (Wildman–Crippen MR) is 513 cm³/mol. The van der Waals surface area contributed by atoms with Gasteiger partial charge >= 0.3 is 0 Å². The number of carbonyl (C=O) groups excluding carboxylic acids is 6. The van der Waals surface area contributed by atoms with Crippen molar-refractivity contribution in [3.8, 4) is 17.1 Å². The second-order valence-electron chi connectivity index (χ2n) is 32.3. The molecule has 18 N–H and O–H groups in total. The van der Waals surface area contributed by atoms with Gasteiger partial charge in [-0.3, -0.25) is 43.7 Å². The summed E-state index contributed by atoms with van der Waals surface area (Å²) in [6.45, 7) is 5.88. The number of hydrogen-bond donors (Lipinski definition) is 12. The van der Waals surface area contributed by atoms with Gasteiger partial charge in [0.25, 0.3) is 11.8 Å². The molecule has 5 heterocycles. The van der Waals surface area contributed by atoms with Gasteiger partial charge in [-0.2, -0.15) is 0 Å². The van der Waals surface area contributed by atoms with Crippen molar-refractivity contribution >= 4 is 81.0 Å². The number of amides is 6. The average Bonchev–Trinajstić information content (AvgIpc) is 1.77. The highest BCUT2D eigenvalue weighted by Crippen LogP contribution is 2.32. The van der Waals surface area contributed by atoms with E-state index in [0.717, 1.165) is 49.3 Å². The Labute approximate surface area is 758 Å². The van der Waals surface area contributed by atoms with Gasteiger partial charge in [0.15, 0.2) is 23.6 Å². The molecule has 28 heteroatoms. The first-order valence-corrected chi connectivity index (χ1v) is 45.0. The Kier molecular flexibility index (Phi) is 36.1. The first-order valence-electron chi connectivity index (χ1n) is 44.1. The molecule has 3 aliphatic rings. The van der Waals surface area contributed by atoms with E-state index in [1.165, 1.54) is 28.5 Å². The lowest BCUT2D eigenvalue weighted by Gasteiger charge is -2.29. The minimum absolute atomic E-state index is 0.0256. The molecule has 0 spiro atoms. The van der Waals surface area contributed by atoms with E-state index in [-0.39, 0.29) is 95.0 Å². The van der Waals surface area contributed by atoms with Crippen molar-refractivity contribution in [1.29, 1.82) is 0 Å². The Hall–Kier alpha value is -13.8. The molecular weight excluding hydrogens is 1640 g/mol. The molecule has 672 valence electrons. The van der Waals surface area contributed by atoms with Gasteiger partial charge in [-0.25, -0.2) is 4.98 Å². The topological polar surface area (TPSA) is 413 Å². The second kappa shape index (κ2) is 49.4. The number of aliphatic imine (C=N–C) groups is 3. The first-order chi connectivity index (χ1) is 62.9. The number of rotatable bonds is 36. The summed E-state index contributed by atoms with van der Waals surface area (Å²) in [7, 11) is 1.61. The van der Waals surface area contributed by atoms with Gasteiger partial charge < -0.3 is 90.2 Å². The third-order valence-electron chi connectivity index (χ3n) is 23.2. The third-order valence-corrected chi connectivity index (χ3v) is 24.0. The lowest BCUT2D eigenvalue weighted by molar-refractivity contribution is -0.133. The van der Waals surface area contributed by atoms with Crippen LogP contribution in [0.2, 0.25) is 0 Å². The Balaban J connectivity index is 0.000000175. The van der Waals surface area contributed by atoms with Crippen LogP contribution in [0.1, 0.15) is 135 Å². The number of thiazole rings is 1. The van der Waals surface area contributed by atoms with Crippen LogP contribution in [0.3, 0.4) is 0 Å². The van der Waals surface area contributed by atoms with Crippen molar-refractivity contribution in [2.45, 2.75) is 112 Å². The SMILES string of the molecule is COc1cccc(/C=C/C(=O)NC[C@@H]2CCN(CC(c3ccccc3)c3ccccc3)C(=O)[C@H](CCCN=C(N)N)N2)c1.NC(N)=NCCC[C@@H]1N[C@H](CNC(=O)c2ccc(-c3ccccc3)o2)CCN(CC(c2ccccc2)c2ccccc2)C1=O.NC(N)=NCCC[C@@H]1N[C@H](CNC(=O)c2ccc3ncsc3c2)CCN(CC(c2ccccc2)c2ccccc2)C1=O. The summed E-state index contributed by atoms with van der Waals surface area (Å²) >= 11 is 1.51. The maximum Gasteiger partial charge on any atom is 0.287 e. The number of nitrogens with one attached hydrogen (secondary N) is 6. The van der Waals surface area contributed by atoms with E-state index in [4.69, 9.17) is 43.6 Å². The van der Waals surface area contributed by atoms with Gasteiger partial charge in [-0.1, -0.05) is 224 Å². The van der Waals surface area contributed by atoms with E-state index in [0.29, 0.717) is 148 Å². The number of ether oxygens (including phenoxy) is 1. The fourth-order valence-electron chi connectivity index (χ4n) is 16.4. The number of nitrogens with zero attached hydrogens (tertiary/aromatic N) is 7.